The third kappa shape index (κ3) is 1.80. The lowest BCUT2D eigenvalue weighted by Crippen LogP contribution is -2.49. The lowest BCUT2D eigenvalue weighted by Gasteiger charge is -2.44. The van der Waals surface area contributed by atoms with E-state index in [0.29, 0.717) is 13.2 Å². The van der Waals surface area contributed by atoms with Gasteiger partial charge in [-0.1, -0.05) is 6.42 Å². The molecule has 88 valence electrons. The Morgan fingerprint density at radius 1 is 1.69 bits per heavy atom. The Morgan fingerprint density at radius 2 is 2.50 bits per heavy atom. The summed E-state index contributed by atoms with van der Waals surface area (Å²) in [5, 5.41) is 8.94. The van der Waals surface area contributed by atoms with E-state index >= 15 is 0 Å². The summed E-state index contributed by atoms with van der Waals surface area (Å²) in [5.41, 5.74) is -0.466. The molecule has 1 aliphatic heterocycles. The summed E-state index contributed by atoms with van der Waals surface area (Å²) in [6.45, 7) is 2.57. The molecule has 2 aliphatic rings. The maximum Gasteiger partial charge on any atom is 0.314 e. The summed E-state index contributed by atoms with van der Waals surface area (Å²) in [6, 6.07) is 2.17. The molecule has 4 nitrogen and oxygen atoms in total. The van der Waals surface area contributed by atoms with Crippen LogP contribution in [0, 0.1) is 22.7 Å². The first kappa shape index (κ1) is 11.4. The molecule has 2 bridgehead atoms. The fourth-order valence-corrected chi connectivity index (χ4v) is 2.85. The van der Waals surface area contributed by atoms with Crippen molar-refractivity contribution in [1.82, 2.24) is 0 Å². The van der Waals surface area contributed by atoms with Gasteiger partial charge in [-0.15, -0.1) is 0 Å². The van der Waals surface area contributed by atoms with Crippen LogP contribution in [0.5, 0.6) is 0 Å². The van der Waals surface area contributed by atoms with E-state index in [4.69, 9.17) is 14.7 Å². The molecule has 1 saturated heterocycles. The smallest absolute Gasteiger partial charge is 0.314 e. The molecule has 0 aromatic rings. The average Bonchev–Trinajstić information content (AvgIpc) is 2.30. The first-order chi connectivity index (χ1) is 7.72. The molecule has 0 aromatic heterocycles. The summed E-state index contributed by atoms with van der Waals surface area (Å²) in [4.78, 5) is 11.9. The van der Waals surface area contributed by atoms with E-state index in [0.717, 1.165) is 25.7 Å². The van der Waals surface area contributed by atoms with Crippen LogP contribution < -0.4 is 0 Å². The Labute approximate surface area is 95.5 Å². The topological polar surface area (TPSA) is 59.3 Å². The van der Waals surface area contributed by atoms with Gasteiger partial charge in [-0.2, -0.15) is 5.26 Å². The second kappa shape index (κ2) is 4.42. The highest BCUT2D eigenvalue weighted by Gasteiger charge is 2.50. The number of nitriles is 1. The maximum atomic E-state index is 11.9. The first-order valence-corrected chi connectivity index (χ1v) is 5.90. The number of carbonyl (C=O) groups is 1. The lowest BCUT2D eigenvalue weighted by atomic mass is 9.67. The summed E-state index contributed by atoms with van der Waals surface area (Å²) in [5.74, 6) is 0.0630. The molecule has 1 heterocycles. The second-order valence-electron chi connectivity index (χ2n) is 4.72. The number of fused-ring (bicyclic) bond motifs is 2. The monoisotopic (exact) mass is 223 g/mol. The van der Waals surface area contributed by atoms with Gasteiger partial charge in [-0.05, 0) is 32.1 Å². The minimum absolute atomic E-state index is 0.143. The molecule has 2 rings (SSSR count). The highest BCUT2D eigenvalue weighted by atomic mass is 16.5. The van der Waals surface area contributed by atoms with Crippen LogP contribution in [-0.4, -0.2) is 25.3 Å². The third-order valence-corrected chi connectivity index (χ3v) is 3.69. The Morgan fingerprint density at radius 3 is 3.19 bits per heavy atom. The van der Waals surface area contributed by atoms with Crippen molar-refractivity contribution in [2.24, 2.45) is 11.3 Å². The minimum Gasteiger partial charge on any atom is -0.465 e. The minimum atomic E-state index is -0.466. The van der Waals surface area contributed by atoms with Crippen LogP contribution in [0.4, 0.5) is 0 Å². The molecular weight excluding hydrogens is 206 g/mol. The van der Waals surface area contributed by atoms with Crippen molar-refractivity contribution in [1.29, 1.82) is 5.26 Å². The number of ether oxygens (including phenoxy) is 2. The fourth-order valence-electron chi connectivity index (χ4n) is 2.85. The molecule has 0 radical (unpaired) electrons. The van der Waals surface area contributed by atoms with Gasteiger partial charge in [0.15, 0.2) is 0 Å². The highest BCUT2D eigenvalue weighted by Crippen LogP contribution is 2.46. The van der Waals surface area contributed by atoms with E-state index in [1.807, 2.05) is 6.92 Å². The van der Waals surface area contributed by atoms with Crippen molar-refractivity contribution in [3.63, 3.8) is 0 Å². The van der Waals surface area contributed by atoms with Crippen LogP contribution in [0.1, 0.15) is 32.6 Å². The molecule has 3 atom stereocenters. The van der Waals surface area contributed by atoms with Gasteiger partial charge < -0.3 is 9.47 Å². The van der Waals surface area contributed by atoms with E-state index in [2.05, 4.69) is 6.07 Å². The van der Waals surface area contributed by atoms with Gasteiger partial charge in [-0.3, -0.25) is 4.79 Å². The lowest BCUT2D eigenvalue weighted by molar-refractivity contribution is -0.176. The SMILES string of the molecule is CCOC(=O)C12CCCC(C1)C(C#N)OC2. The third-order valence-electron chi connectivity index (χ3n) is 3.69. The van der Waals surface area contributed by atoms with E-state index in [9.17, 15) is 4.79 Å². The molecule has 0 aromatic carbocycles. The number of carbonyl (C=O) groups excluding carboxylic acids is 1. The number of hydrogen-bond acceptors (Lipinski definition) is 4. The molecule has 2 fully saturated rings. The van der Waals surface area contributed by atoms with Gasteiger partial charge in [0.2, 0.25) is 0 Å². The Bertz CT molecular complexity index is 323. The van der Waals surface area contributed by atoms with Crippen LogP contribution in [-0.2, 0) is 14.3 Å². The van der Waals surface area contributed by atoms with E-state index in [-0.39, 0.29) is 18.0 Å². The molecular formula is C12H17NO3. The zero-order valence-corrected chi connectivity index (χ0v) is 9.57. The quantitative estimate of drug-likeness (QED) is 0.668. The van der Waals surface area contributed by atoms with Crippen molar-refractivity contribution in [2.45, 2.75) is 38.7 Å². The van der Waals surface area contributed by atoms with Crippen LogP contribution in [0.2, 0.25) is 0 Å². The van der Waals surface area contributed by atoms with Crippen LogP contribution in [0.3, 0.4) is 0 Å². The molecule has 1 aliphatic carbocycles. The van der Waals surface area contributed by atoms with Crippen LogP contribution in [0.25, 0.3) is 0 Å². The molecule has 1 saturated carbocycles. The highest BCUT2D eigenvalue weighted by molar-refractivity contribution is 5.77. The predicted molar refractivity (Wildman–Crippen MR) is 56.4 cm³/mol. The molecule has 4 heteroatoms. The zero-order valence-electron chi connectivity index (χ0n) is 9.57. The van der Waals surface area contributed by atoms with Crippen molar-refractivity contribution < 1.29 is 14.3 Å². The number of hydrogen-bond donors (Lipinski definition) is 0. The number of nitrogens with zero attached hydrogens (tertiary/aromatic N) is 1. The second-order valence-corrected chi connectivity index (χ2v) is 4.72. The normalized spacial score (nSPS) is 37.5. The average molecular weight is 223 g/mol. The summed E-state index contributed by atoms with van der Waals surface area (Å²) in [6.07, 6.45) is 3.23. The van der Waals surface area contributed by atoms with Gasteiger partial charge in [0.1, 0.15) is 6.10 Å². The Balaban J connectivity index is 2.12. The van der Waals surface area contributed by atoms with E-state index in [1.165, 1.54) is 0 Å². The summed E-state index contributed by atoms with van der Waals surface area (Å²) in [7, 11) is 0. The van der Waals surface area contributed by atoms with Gasteiger partial charge in [0, 0.05) is 0 Å². The van der Waals surface area contributed by atoms with Gasteiger partial charge in [0.05, 0.1) is 24.7 Å². The summed E-state index contributed by atoms with van der Waals surface area (Å²) >= 11 is 0. The predicted octanol–water partition coefficient (Wildman–Crippen LogP) is 1.65. The summed E-state index contributed by atoms with van der Waals surface area (Å²) < 4.78 is 10.6. The first-order valence-electron chi connectivity index (χ1n) is 5.90. The van der Waals surface area contributed by atoms with Gasteiger partial charge in [0.25, 0.3) is 0 Å². The Hall–Kier alpha value is -1.08. The fraction of sp³-hybridized carbons (Fsp3) is 0.833. The van der Waals surface area contributed by atoms with E-state index in [1.54, 1.807) is 0 Å². The maximum absolute atomic E-state index is 11.9. The molecule has 0 spiro atoms. The zero-order chi connectivity index (χ0) is 11.6. The number of rotatable bonds is 2. The molecule has 16 heavy (non-hydrogen) atoms. The van der Waals surface area contributed by atoms with Gasteiger partial charge >= 0.3 is 5.97 Å². The van der Waals surface area contributed by atoms with Crippen molar-refractivity contribution in [2.75, 3.05) is 13.2 Å². The largest absolute Gasteiger partial charge is 0.465 e. The molecule has 0 N–H and O–H groups in total. The van der Waals surface area contributed by atoms with Gasteiger partial charge in [-0.25, -0.2) is 0 Å². The van der Waals surface area contributed by atoms with Crippen molar-refractivity contribution in [3.05, 3.63) is 0 Å². The van der Waals surface area contributed by atoms with E-state index < -0.39 is 5.41 Å². The van der Waals surface area contributed by atoms with Crippen LogP contribution >= 0.6 is 0 Å². The Kier molecular flexibility index (Phi) is 3.15. The van der Waals surface area contributed by atoms with Crippen molar-refractivity contribution >= 4 is 5.97 Å². The molecule has 3 unspecified atom stereocenters. The van der Waals surface area contributed by atoms with Crippen LogP contribution in [0.15, 0.2) is 0 Å². The van der Waals surface area contributed by atoms with Crippen molar-refractivity contribution in [3.8, 4) is 6.07 Å². The number of esters is 1. The standard InChI is InChI=1S/C12H17NO3/c1-2-15-11(14)12-5-3-4-9(6-12)10(7-13)16-8-12/h9-10H,2-6,8H2,1H3. The molecule has 0 amide bonds.